The van der Waals surface area contributed by atoms with E-state index in [9.17, 15) is 4.79 Å². The van der Waals surface area contributed by atoms with Crippen molar-refractivity contribution < 1.29 is 9.53 Å². The Balaban J connectivity index is 1.66. The number of aromatic nitrogens is 1. The largest absolute Gasteiger partial charge is 0.418 e. The van der Waals surface area contributed by atoms with Crippen molar-refractivity contribution in [2.45, 2.75) is 0 Å². The van der Waals surface area contributed by atoms with Gasteiger partial charge >= 0.3 is 6.09 Å². The summed E-state index contributed by atoms with van der Waals surface area (Å²) in [4.78, 5) is 16.2. The number of hydrogen-bond acceptors (Lipinski definition) is 4. The molecule has 6 heteroatoms. The molecular formula is C16H11BrN2O2S. The summed E-state index contributed by atoms with van der Waals surface area (Å²) in [6, 6.07) is 16.7. The maximum atomic E-state index is 11.8. The molecule has 0 aliphatic carbocycles. The fourth-order valence-corrected chi connectivity index (χ4v) is 2.76. The van der Waals surface area contributed by atoms with E-state index in [1.54, 1.807) is 24.3 Å². The predicted octanol–water partition coefficient (Wildman–Crippen LogP) is 5.18. The van der Waals surface area contributed by atoms with Gasteiger partial charge in [0, 0.05) is 15.4 Å². The molecule has 0 bridgehead atoms. The number of hydrogen-bond donors (Lipinski definition) is 1. The van der Waals surface area contributed by atoms with Gasteiger partial charge in [-0.3, -0.25) is 5.32 Å². The highest BCUT2D eigenvalue weighted by molar-refractivity contribution is 9.10. The van der Waals surface area contributed by atoms with Crippen molar-refractivity contribution in [1.82, 2.24) is 4.98 Å². The zero-order valence-electron chi connectivity index (χ0n) is 11.3. The molecule has 0 aliphatic heterocycles. The number of nitrogens with one attached hydrogen (secondary N) is 1. The SMILES string of the molecule is O=C(Nc1nc(-c2ccc(Br)cc2)cs1)Oc1ccccc1. The van der Waals surface area contributed by atoms with Crippen LogP contribution < -0.4 is 10.1 Å². The zero-order chi connectivity index (χ0) is 15.4. The third-order valence-corrected chi connectivity index (χ3v) is 4.09. The van der Waals surface area contributed by atoms with Crippen molar-refractivity contribution in [3.8, 4) is 17.0 Å². The highest BCUT2D eigenvalue weighted by Crippen LogP contribution is 2.26. The summed E-state index contributed by atoms with van der Waals surface area (Å²) in [6.45, 7) is 0. The van der Waals surface area contributed by atoms with Gasteiger partial charge in [0.15, 0.2) is 5.13 Å². The van der Waals surface area contributed by atoms with Gasteiger partial charge < -0.3 is 4.74 Å². The smallest absolute Gasteiger partial charge is 0.410 e. The minimum absolute atomic E-state index is 0.490. The molecule has 1 aromatic heterocycles. The lowest BCUT2D eigenvalue weighted by Crippen LogP contribution is -2.16. The second-order valence-electron chi connectivity index (χ2n) is 4.37. The van der Waals surface area contributed by atoms with Crippen LogP contribution in [-0.2, 0) is 0 Å². The Labute approximate surface area is 139 Å². The molecule has 22 heavy (non-hydrogen) atoms. The van der Waals surface area contributed by atoms with Crippen LogP contribution in [0.1, 0.15) is 0 Å². The third kappa shape index (κ3) is 3.72. The fraction of sp³-hybridized carbons (Fsp3) is 0. The minimum Gasteiger partial charge on any atom is -0.410 e. The Bertz CT molecular complexity index is 772. The first-order chi connectivity index (χ1) is 10.7. The Kier molecular flexibility index (Phi) is 4.50. The van der Waals surface area contributed by atoms with Gasteiger partial charge in [0.25, 0.3) is 0 Å². The van der Waals surface area contributed by atoms with Crippen LogP contribution in [0.3, 0.4) is 0 Å². The van der Waals surface area contributed by atoms with Crippen molar-refractivity contribution in [1.29, 1.82) is 0 Å². The number of amides is 1. The van der Waals surface area contributed by atoms with Crippen LogP contribution in [-0.4, -0.2) is 11.1 Å². The molecule has 1 N–H and O–H groups in total. The lowest BCUT2D eigenvalue weighted by Gasteiger charge is -2.03. The topological polar surface area (TPSA) is 51.2 Å². The number of ether oxygens (including phenoxy) is 1. The molecule has 4 nitrogen and oxygen atoms in total. The number of anilines is 1. The summed E-state index contributed by atoms with van der Waals surface area (Å²) < 4.78 is 6.17. The summed E-state index contributed by atoms with van der Waals surface area (Å²) in [6.07, 6.45) is -0.553. The van der Waals surface area contributed by atoms with Crippen LogP contribution in [0, 0.1) is 0 Å². The van der Waals surface area contributed by atoms with Gasteiger partial charge in [-0.15, -0.1) is 11.3 Å². The van der Waals surface area contributed by atoms with Crippen LogP contribution >= 0.6 is 27.3 Å². The van der Waals surface area contributed by atoms with Gasteiger partial charge in [0.2, 0.25) is 0 Å². The van der Waals surface area contributed by atoms with Gasteiger partial charge in [-0.1, -0.05) is 46.3 Å². The van der Waals surface area contributed by atoms with Crippen molar-refractivity contribution in [2.24, 2.45) is 0 Å². The number of carbonyl (C=O) groups is 1. The number of thiazole rings is 1. The first kappa shape index (κ1) is 14.7. The van der Waals surface area contributed by atoms with E-state index in [1.807, 2.05) is 35.7 Å². The number of para-hydroxylation sites is 1. The van der Waals surface area contributed by atoms with Gasteiger partial charge in [-0.2, -0.15) is 0 Å². The summed E-state index contributed by atoms with van der Waals surface area (Å²) in [5.74, 6) is 0.490. The van der Waals surface area contributed by atoms with Gasteiger partial charge in [0.05, 0.1) is 5.69 Å². The Morgan fingerprint density at radius 2 is 1.82 bits per heavy atom. The van der Waals surface area contributed by atoms with E-state index in [-0.39, 0.29) is 0 Å². The van der Waals surface area contributed by atoms with Crippen molar-refractivity contribution >= 4 is 38.5 Å². The maximum Gasteiger partial charge on any atom is 0.418 e. The van der Waals surface area contributed by atoms with Crippen LogP contribution in [0.25, 0.3) is 11.3 Å². The molecule has 0 atom stereocenters. The van der Waals surface area contributed by atoms with E-state index in [4.69, 9.17) is 4.74 Å². The number of halogens is 1. The molecule has 1 amide bonds. The molecule has 0 aliphatic rings. The summed E-state index contributed by atoms with van der Waals surface area (Å²) >= 11 is 4.75. The van der Waals surface area contributed by atoms with E-state index in [1.165, 1.54) is 11.3 Å². The normalized spacial score (nSPS) is 10.2. The van der Waals surface area contributed by atoms with Crippen molar-refractivity contribution in [3.05, 3.63) is 64.5 Å². The molecule has 0 unspecified atom stereocenters. The fourth-order valence-electron chi connectivity index (χ4n) is 1.79. The first-order valence-corrected chi connectivity index (χ1v) is 8.13. The van der Waals surface area contributed by atoms with Gasteiger partial charge in [-0.05, 0) is 24.3 Å². The minimum atomic E-state index is -0.553. The highest BCUT2D eigenvalue weighted by Gasteiger charge is 2.09. The number of nitrogens with zero attached hydrogens (tertiary/aromatic N) is 1. The Morgan fingerprint density at radius 1 is 1.09 bits per heavy atom. The van der Waals surface area contributed by atoms with E-state index in [0.29, 0.717) is 10.9 Å². The van der Waals surface area contributed by atoms with Gasteiger partial charge in [0.1, 0.15) is 5.75 Å². The summed E-state index contributed by atoms with van der Waals surface area (Å²) in [5, 5.41) is 5.02. The standard InChI is InChI=1S/C16H11BrN2O2S/c17-12-8-6-11(7-9-12)14-10-22-15(18-14)19-16(20)21-13-4-2-1-3-5-13/h1-10H,(H,18,19,20). The molecule has 0 radical (unpaired) electrons. The molecule has 0 saturated heterocycles. The summed E-state index contributed by atoms with van der Waals surface area (Å²) in [5.41, 5.74) is 1.80. The van der Waals surface area contributed by atoms with E-state index >= 15 is 0 Å². The number of carbonyl (C=O) groups excluding carboxylic acids is 1. The molecular weight excluding hydrogens is 364 g/mol. The molecule has 0 spiro atoms. The van der Waals surface area contributed by atoms with Gasteiger partial charge in [-0.25, -0.2) is 9.78 Å². The van der Waals surface area contributed by atoms with E-state index < -0.39 is 6.09 Å². The lowest BCUT2D eigenvalue weighted by molar-refractivity contribution is 0.215. The lowest BCUT2D eigenvalue weighted by atomic mass is 10.2. The molecule has 2 aromatic carbocycles. The zero-order valence-corrected chi connectivity index (χ0v) is 13.7. The molecule has 3 aromatic rings. The molecule has 1 heterocycles. The maximum absolute atomic E-state index is 11.8. The van der Waals surface area contributed by atoms with E-state index in [0.717, 1.165) is 15.7 Å². The average Bonchev–Trinajstić information content (AvgIpc) is 2.97. The van der Waals surface area contributed by atoms with Crippen LogP contribution in [0.5, 0.6) is 5.75 Å². The second kappa shape index (κ2) is 6.72. The first-order valence-electron chi connectivity index (χ1n) is 6.46. The van der Waals surface area contributed by atoms with Crippen LogP contribution in [0.4, 0.5) is 9.93 Å². The summed E-state index contributed by atoms with van der Waals surface area (Å²) in [7, 11) is 0. The molecule has 0 fully saturated rings. The quantitative estimate of drug-likeness (QED) is 0.686. The molecule has 0 saturated carbocycles. The predicted molar refractivity (Wildman–Crippen MR) is 91.3 cm³/mol. The highest BCUT2D eigenvalue weighted by atomic mass is 79.9. The molecule has 110 valence electrons. The monoisotopic (exact) mass is 374 g/mol. The third-order valence-electron chi connectivity index (χ3n) is 2.81. The van der Waals surface area contributed by atoms with Crippen LogP contribution in [0.15, 0.2) is 64.5 Å². The Morgan fingerprint density at radius 3 is 2.55 bits per heavy atom. The van der Waals surface area contributed by atoms with Crippen molar-refractivity contribution in [3.63, 3.8) is 0 Å². The number of rotatable bonds is 3. The van der Waals surface area contributed by atoms with Crippen molar-refractivity contribution in [2.75, 3.05) is 5.32 Å². The van der Waals surface area contributed by atoms with Crippen LogP contribution in [0.2, 0.25) is 0 Å². The second-order valence-corrected chi connectivity index (χ2v) is 6.15. The average molecular weight is 375 g/mol. The van der Waals surface area contributed by atoms with E-state index in [2.05, 4.69) is 26.2 Å². The number of benzene rings is 2. The molecule has 3 rings (SSSR count). The Hall–Kier alpha value is -2.18.